The second-order valence-corrected chi connectivity index (χ2v) is 5.13. The zero-order valence-corrected chi connectivity index (χ0v) is 11.2. The van der Waals surface area contributed by atoms with Crippen LogP contribution in [0.3, 0.4) is 0 Å². The van der Waals surface area contributed by atoms with Gasteiger partial charge in [-0.25, -0.2) is 4.39 Å². The molecule has 0 radical (unpaired) electrons. The fourth-order valence-electron chi connectivity index (χ4n) is 2.58. The summed E-state index contributed by atoms with van der Waals surface area (Å²) in [5.74, 6) is -2.30. The summed E-state index contributed by atoms with van der Waals surface area (Å²) in [4.78, 5) is 12.8. The van der Waals surface area contributed by atoms with Gasteiger partial charge in [0.05, 0.1) is 5.56 Å². The third-order valence-electron chi connectivity index (χ3n) is 3.62. The first-order chi connectivity index (χ1) is 9.79. The molecule has 1 aromatic rings. The van der Waals surface area contributed by atoms with Crippen molar-refractivity contribution in [1.82, 2.24) is 4.90 Å². The third-order valence-corrected chi connectivity index (χ3v) is 3.62. The maximum atomic E-state index is 13.2. The molecule has 0 aromatic heterocycles. The van der Waals surface area contributed by atoms with E-state index in [-0.39, 0.29) is 12.1 Å². The highest BCUT2D eigenvalue weighted by atomic mass is 19.4. The molecule has 7 heteroatoms. The molecule has 21 heavy (non-hydrogen) atoms. The van der Waals surface area contributed by atoms with Gasteiger partial charge in [-0.2, -0.15) is 13.2 Å². The van der Waals surface area contributed by atoms with Crippen molar-refractivity contribution in [1.29, 1.82) is 0 Å². The monoisotopic (exact) mass is 305 g/mol. The molecule has 0 spiro atoms. The summed E-state index contributed by atoms with van der Waals surface area (Å²) in [6.07, 6.45) is -2.70. The average Bonchev–Trinajstić information content (AvgIpc) is 2.40. The maximum Gasteiger partial charge on any atom is 0.419 e. The highest BCUT2D eigenvalue weighted by Crippen LogP contribution is 2.32. The lowest BCUT2D eigenvalue weighted by Crippen LogP contribution is -2.44. The summed E-state index contributed by atoms with van der Waals surface area (Å²) in [7, 11) is 0. The number of halogens is 4. The molecule has 116 valence electrons. The Balaban J connectivity index is 2.21. The van der Waals surface area contributed by atoms with Crippen molar-refractivity contribution in [3.05, 3.63) is 35.1 Å². The van der Waals surface area contributed by atoms with Crippen LogP contribution in [0.1, 0.15) is 30.4 Å². The number of carboxylic acid groups (broad SMARTS) is 1. The van der Waals surface area contributed by atoms with Crippen molar-refractivity contribution >= 4 is 5.97 Å². The first-order valence-corrected chi connectivity index (χ1v) is 6.61. The number of piperidine rings is 1. The summed E-state index contributed by atoms with van der Waals surface area (Å²) in [6.45, 7) is 0.579. The number of alkyl halides is 3. The Labute approximate surface area is 119 Å². The Bertz CT molecular complexity index is 530. The van der Waals surface area contributed by atoms with Gasteiger partial charge in [0.2, 0.25) is 0 Å². The molecule has 0 aliphatic carbocycles. The van der Waals surface area contributed by atoms with Crippen LogP contribution in [0.4, 0.5) is 17.6 Å². The Morgan fingerprint density at radius 2 is 2.05 bits per heavy atom. The first-order valence-electron chi connectivity index (χ1n) is 6.61. The summed E-state index contributed by atoms with van der Waals surface area (Å²) >= 11 is 0. The van der Waals surface area contributed by atoms with Crippen LogP contribution in [0.2, 0.25) is 0 Å². The molecule has 1 unspecified atom stereocenters. The van der Waals surface area contributed by atoms with Crippen molar-refractivity contribution in [2.75, 3.05) is 6.54 Å². The van der Waals surface area contributed by atoms with E-state index in [4.69, 9.17) is 5.11 Å². The van der Waals surface area contributed by atoms with Gasteiger partial charge < -0.3 is 5.11 Å². The quantitative estimate of drug-likeness (QED) is 0.871. The summed E-state index contributed by atoms with van der Waals surface area (Å²) in [5.41, 5.74) is -1.05. The minimum atomic E-state index is -4.76. The van der Waals surface area contributed by atoms with Crippen LogP contribution in [0.25, 0.3) is 0 Å². The molecule has 0 bridgehead atoms. The topological polar surface area (TPSA) is 40.5 Å². The SMILES string of the molecule is O=C(O)C1CCCCN1Cc1ccc(F)c(C(F)(F)F)c1. The van der Waals surface area contributed by atoms with Crippen LogP contribution < -0.4 is 0 Å². The molecule has 0 amide bonds. The fraction of sp³-hybridized carbons (Fsp3) is 0.500. The van der Waals surface area contributed by atoms with Crippen molar-refractivity contribution in [3.63, 3.8) is 0 Å². The molecule has 1 heterocycles. The number of hydrogen-bond acceptors (Lipinski definition) is 2. The number of hydrogen-bond donors (Lipinski definition) is 1. The number of nitrogens with zero attached hydrogens (tertiary/aromatic N) is 1. The Morgan fingerprint density at radius 1 is 1.33 bits per heavy atom. The molecule has 3 nitrogen and oxygen atoms in total. The summed E-state index contributed by atoms with van der Waals surface area (Å²) in [6, 6.07) is 2.09. The molecule has 2 rings (SSSR count). The van der Waals surface area contributed by atoms with E-state index >= 15 is 0 Å². The molecule has 1 atom stereocenters. The second-order valence-electron chi connectivity index (χ2n) is 5.13. The Kier molecular flexibility index (Phi) is 4.51. The normalized spacial score (nSPS) is 20.5. The van der Waals surface area contributed by atoms with E-state index < -0.39 is 29.6 Å². The molecule has 1 fully saturated rings. The lowest BCUT2D eigenvalue weighted by Gasteiger charge is -2.33. The molecule has 1 aromatic carbocycles. The van der Waals surface area contributed by atoms with Gasteiger partial charge in [-0.3, -0.25) is 9.69 Å². The number of benzene rings is 1. The van der Waals surface area contributed by atoms with Crippen molar-refractivity contribution in [2.24, 2.45) is 0 Å². The average molecular weight is 305 g/mol. The van der Waals surface area contributed by atoms with Gasteiger partial charge in [0.25, 0.3) is 0 Å². The van der Waals surface area contributed by atoms with Gasteiger partial charge >= 0.3 is 12.1 Å². The first kappa shape index (κ1) is 15.8. The van der Waals surface area contributed by atoms with Crippen molar-refractivity contribution < 1.29 is 27.5 Å². The van der Waals surface area contributed by atoms with Crippen LogP contribution >= 0.6 is 0 Å². The summed E-state index contributed by atoms with van der Waals surface area (Å²) < 4.78 is 51.2. The number of rotatable bonds is 3. The zero-order chi connectivity index (χ0) is 15.6. The highest BCUT2D eigenvalue weighted by molar-refractivity contribution is 5.73. The predicted octanol–water partition coefficient (Wildman–Crippen LogP) is 3.28. The molecule has 1 aliphatic heterocycles. The highest BCUT2D eigenvalue weighted by Gasteiger charge is 2.35. The fourth-order valence-corrected chi connectivity index (χ4v) is 2.58. The summed E-state index contributed by atoms with van der Waals surface area (Å²) in [5, 5.41) is 9.13. The minimum Gasteiger partial charge on any atom is -0.480 e. The maximum absolute atomic E-state index is 13.2. The predicted molar refractivity (Wildman–Crippen MR) is 67.1 cm³/mol. The largest absolute Gasteiger partial charge is 0.480 e. The van der Waals surface area contributed by atoms with Crippen molar-refractivity contribution in [3.8, 4) is 0 Å². The Hall–Kier alpha value is -1.63. The van der Waals surface area contributed by atoms with Crippen LogP contribution in [0.15, 0.2) is 18.2 Å². The van der Waals surface area contributed by atoms with Crippen molar-refractivity contribution in [2.45, 2.75) is 38.0 Å². The van der Waals surface area contributed by atoms with Crippen LogP contribution in [-0.2, 0) is 17.5 Å². The lowest BCUT2D eigenvalue weighted by molar-refractivity contribution is -0.145. The number of likely N-dealkylation sites (tertiary alicyclic amines) is 1. The van der Waals surface area contributed by atoms with E-state index in [9.17, 15) is 22.4 Å². The zero-order valence-electron chi connectivity index (χ0n) is 11.2. The van der Waals surface area contributed by atoms with Gasteiger partial charge in [0.15, 0.2) is 0 Å². The standard InChI is InChI=1S/C14H15F4NO2/c15-11-5-4-9(7-10(11)14(16,17)18)8-19-6-2-1-3-12(19)13(20)21/h4-5,7,12H,1-3,6,8H2,(H,20,21). The van der Waals surface area contributed by atoms with Gasteiger partial charge in [-0.1, -0.05) is 12.5 Å². The number of carboxylic acids is 1. The van der Waals surface area contributed by atoms with E-state index in [1.165, 1.54) is 6.07 Å². The third kappa shape index (κ3) is 3.72. The minimum absolute atomic E-state index is 0.0698. The molecule has 1 N–H and O–H groups in total. The number of carbonyl (C=O) groups is 1. The second kappa shape index (κ2) is 6.01. The van der Waals surface area contributed by atoms with E-state index in [1.807, 2.05) is 0 Å². The molecular formula is C14H15F4NO2. The van der Waals surface area contributed by atoms with Crippen LogP contribution in [0.5, 0.6) is 0 Å². The smallest absolute Gasteiger partial charge is 0.419 e. The molecule has 1 saturated heterocycles. The molecule has 1 aliphatic rings. The molecule has 0 saturated carbocycles. The van der Waals surface area contributed by atoms with Crippen LogP contribution in [-0.4, -0.2) is 28.6 Å². The van der Waals surface area contributed by atoms with Gasteiger partial charge in [0, 0.05) is 6.54 Å². The lowest BCUT2D eigenvalue weighted by atomic mass is 10.0. The van der Waals surface area contributed by atoms with Crippen LogP contribution in [0, 0.1) is 5.82 Å². The number of aliphatic carboxylic acids is 1. The van der Waals surface area contributed by atoms with E-state index in [2.05, 4.69) is 0 Å². The van der Waals surface area contributed by atoms with Gasteiger partial charge in [-0.15, -0.1) is 0 Å². The van der Waals surface area contributed by atoms with E-state index in [0.29, 0.717) is 13.0 Å². The molecular weight excluding hydrogens is 290 g/mol. The van der Waals surface area contributed by atoms with E-state index in [0.717, 1.165) is 25.0 Å². The van der Waals surface area contributed by atoms with Gasteiger partial charge in [0.1, 0.15) is 11.9 Å². The van der Waals surface area contributed by atoms with Gasteiger partial charge in [-0.05, 0) is 37.1 Å². The Morgan fingerprint density at radius 3 is 2.67 bits per heavy atom. The van der Waals surface area contributed by atoms with E-state index in [1.54, 1.807) is 4.90 Å².